The molecule has 138 valence electrons. The molecule has 0 unspecified atom stereocenters. The number of hydrogen-bond acceptors (Lipinski definition) is 4. The van der Waals surface area contributed by atoms with Crippen LogP contribution in [0.3, 0.4) is 0 Å². The fourth-order valence-corrected chi connectivity index (χ4v) is 3.15. The van der Waals surface area contributed by atoms with E-state index in [9.17, 15) is 0 Å². The van der Waals surface area contributed by atoms with E-state index in [4.69, 9.17) is 4.99 Å². The van der Waals surface area contributed by atoms with E-state index >= 15 is 0 Å². The summed E-state index contributed by atoms with van der Waals surface area (Å²) in [5, 5.41) is 17.1. The van der Waals surface area contributed by atoms with Gasteiger partial charge in [0, 0.05) is 30.9 Å². The van der Waals surface area contributed by atoms with Gasteiger partial charge >= 0.3 is 0 Å². The number of aryl methyl sites for hydroxylation is 1. The lowest BCUT2D eigenvalue weighted by molar-refractivity contribution is 0.620. The molecule has 0 atom stereocenters. The second-order valence-electron chi connectivity index (χ2n) is 5.95. The molecule has 0 saturated carbocycles. The Morgan fingerprint density at radius 1 is 1.20 bits per heavy atom. The van der Waals surface area contributed by atoms with Crippen molar-refractivity contribution < 1.29 is 0 Å². The largest absolute Gasteiger partial charge is 0.356 e. The number of rotatable bonds is 11. The van der Waals surface area contributed by atoms with Crippen LogP contribution in [0, 0.1) is 0 Å². The third kappa shape index (κ3) is 7.25. The molecule has 0 saturated heterocycles. The third-order valence-electron chi connectivity index (χ3n) is 3.95. The third-order valence-corrected chi connectivity index (χ3v) is 4.81. The zero-order chi connectivity index (χ0) is 17.7. The van der Waals surface area contributed by atoms with E-state index in [1.54, 1.807) is 17.7 Å². The van der Waals surface area contributed by atoms with Crippen molar-refractivity contribution in [3.63, 3.8) is 0 Å². The van der Waals surface area contributed by atoms with Gasteiger partial charge in [0.05, 0.1) is 6.54 Å². The highest BCUT2D eigenvalue weighted by atomic mass is 32.1. The summed E-state index contributed by atoms with van der Waals surface area (Å²) < 4.78 is 2.09. The van der Waals surface area contributed by atoms with Crippen LogP contribution in [0.1, 0.15) is 50.2 Å². The lowest BCUT2D eigenvalue weighted by atomic mass is 10.2. The zero-order valence-electron chi connectivity index (χ0n) is 15.4. The first kappa shape index (κ1) is 19.4. The molecule has 0 aromatic carbocycles. The highest BCUT2D eigenvalue weighted by Crippen LogP contribution is 2.09. The minimum Gasteiger partial charge on any atom is -0.356 e. The van der Waals surface area contributed by atoms with Crippen molar-refractivity contribution in [3.05, 3.63) is 34.5 Å². The molecule has 2 aromatic heterocycles. The van der Waals surface area contributed by atoms with Crippen molar-refractivity contribution in [2.75, 3.05) is 13.1 Å². The summed E-state index contributed by atoms with van der Waals surface area (Å²) in [5.74, 6) is 1.91. The molecule has 0 aliphatic carbocycles. The van der Waals surface area contributed by atoms with Crippen LogP contribution in [0.25, 0.3) is 0 Å². The van der Waals surface area contributed by atoms with Crippen molar-refractivity contribution >= 4 is 17.3 Å². The van der Waals surface area contributed by atoms with Crippen LogP contribution in [-0.2, 0) is 19.5 Å². The van der Waals surface area contributed by atoms with E-state index in [0.717, 1.165) is 44.4 Å². The second-order valence-corrected chi connectivity index (χ2v) is 6.98. The summed E-state index contributed by atoms with van der Waals surface area (Å²) in [5.41, 5.74) is 0. The summed E-state index contributed by atoms with van der Waals surface area (Å²) in [6.07, 6.45) is 7.69. The Labute approximate surface area is 154 Å². The van der Waals surface area contributed by atoms with Crippen LogP contribution in [0.4, 0.5) is 0 Å². The van der Waals surface area contributed by atoms with Gasteiger partial charge in [-0.05, 0) is 17.9 Å². The van der Waals surface area contributed by atoms with E-state index in [2.05, 4.69) is 56.8 Å². The summed E-state index contributed by atoms with van der Waals surface area (Å²) in [6.45, 7) is 7.65. The predicted octanol–water partition coefficient (Wildman–Crippen LogP) is 3.22. The molecular weight excluding hydrogens is 332 g/mol. The van der Waals surface area contributed by atoms with Gasteiger partial charge in [-0.3, -0.25) is 0 Å². The standard InChI is InChI=1S/C18H30N6S/c1-3-5-6-7-10-19-18(21-14-16-9-8-13-25-16)20-11-12-24-15-22-23-17(24)4-2/h8-9,13,15H,3-7,10-12,14H2,1-2H3,(H2,19,20,21). The molecule has 0 radical (unpaired) electrons. The fraction of sp³-hybridized carbons (Fsp3) is 0.611. The average molecular weight is 363 g/mol. The van der Waals surface area contributed by atoms with E-state index < -0.39 is 0 Å². The first-order valence-corrected chi connectivity index (χ1v) is 10.1. The number of aliphatic imine (C=N–C) groups is 1. The van der Waals surface area contributed by atoms with Crippen LogP contribution >= 0.6 is 11.3 Å². The predicted molar refractivity (Wildman–Crippen MR) is 105 cm³/mol. The molecular formula is C18H30N6S. The Hall–Kier alpha value is -1.89. The van der Waals surface area contributed by atoms with E-state index in [0.29, 0.717) is 0 Å². The van der Waals surface area contributed by atoms with E-state index in [-0.39, 0.29) is 0 Å². The number of guanidine groups is 1. The maximum atomic E-state index is 4.71. The minimum absolute atomic E-state index is 0.717. The second kappa shape index (κ2) is 11.6. The Morgan fingerprint density at radius 2 is 2.08 bits per heavy atom. The van der Waals surface area contributed by atoms with Crippen molar-refractivity contribution in [2.45, 2.75) is 59.0 Å². The van der Waals surface area contributed by atoms with Gasteiger partial charge in [0.2, 0.25) is 0 Å². The van der Waals surface area contributed by atoms with Crippen LogP contribution in [0.2, 0.25) is 0 Å². The Balaban J connectivity index is 1.81. The molecule has 0 fully saturated rings. The van der Waals surface area contributed by atoms with Gasteiger partial charge in [-0.2, -0.15) is 0 Å². The van der Waals surface area contributed by atoms with Gasteiger partial charge in [-0.25, -0.2) is 4.99 Å². The molecule has 0 bridgehead atoms. The SMILES string of the molecule is CCCCCCNC(=NCc1cccs1)NCCn1cnnc1CC. The smallest absolute Gasteiger partial charge is 0.191 e. The molecule has 0 amide bonds. The maximum Gasteiger partial charge on any atom is 0.191 e. The zero-order valence-corrected chi connectivity index (χ0v) is 16.2. The molecule has 2 rings (SSSR count). The number of aromatic nitrogens is 3. The quantitative estimate of drug-likeness (QED) is 0.366. The number of hydrogen-bond donors (Lipinski definition) is 2. The van der Waals surface area contributed by atoms with Gasteiger partial charge in [0.1, 0.15) is 12.2 Å². The number of nitrogens with one attached hydrogen (secondary N) is 2. The highest BCUT2D eigenvalue weighted by molar-refractivity contribution is 7.09. The first-order valence-electron chi connectivity index (χ1n) is 9.24. The van der Waals surface area contributed by atoms with Gasteiger partial charge in [-0.15, -0.1) is 21.5 Å². The normalized spacial score (nSPS) is 11.7. The minimum atomic E-state index is 0.717. The van der Waals surface area contributed by atoms with Crippen LogP contribution < -0.4 is 10.6 Å². The van der Waals surface area contributed by atoms with Crippen LogP contribution in [0.15, 0.2) is 28.8 Å². The van der Waals surface area contributed by atoms with Crippen LogP contribution in [0.5, 0.6) is 0 Å². The Bertz CT molecular complexity index is 605. The molecule has 6 nitrogen and oxygen atoms in total. The number of thiophene rings is 1. The molecule has 0 aliphatic rings. The van der Waals surface area contributed by atoms with Crippen LogP contribution in [-0.4, -0.2) is 33.8 Å². The van der Waals surface area contributed by atoms with Crippen molar-refractivity contribution in [1.29, 1.82) is 0 Å². The summed E-state index contributed by atoms with van der Waals surface area (Å²) in [7, 11) is 0. The Morgan fingerprint density at radius 3 is 2.84 bits per heavy atom. The van der Waals surface area contributed by atoms with Gasteiger partial charge < -0.3 is 15.2 Å². The maximum absolute atomic E-state index is 4.71. The molecule has 0 spiro atoms. The Kier molecular flexibility index (Phi) is 9.04. The first-order chi connectivity index (χ1) is 12.3. The number of nitrogens with zero attached hydrogens (tertiary/aromatic N) is 4. The molecule has 0 aliphatic heterocycles. The van der Waals surface area contributed by atoms with Gasteiger partial charge in [0.15, 0.2) is 5.96 Å². The summed E-state index contributed by atoms with van der Waals surface area (Å²) in [4.78, 5) is 5.99. The fourth-order valence-electron chi connectivity index (χ4n) is 2.53. The van der Waals surface area contributed by atoms with Gasteiger partial charge in [-0.1, -0.05) is 39.2 Å². The van der Waals surface area contributed by atoms with E-state index in [1.807, 2.05) is 0 Å². The summed E-state index contributed by atoms with van der Waals surface area (Å²) in [6, 6.07) is 4.19. The molecule has 2 heterocycles. The molecule has 2 aromatic rings. The lowest BCUT2D eigenvalue weighted by Gasteiger charge is -2.13. The number of unbranched alkanes of at least 4 members (excludes halogenated alkanes) is 3. The monoisotopic (exact) mass is 362 g/mol. The molecule has 2 N–H and O–H groups in total. The van der Waals surface area contributed by atoms with Crippen molar-refractivity contribution in [2.24, 2.45) is 4.99 Å². The molecule has 7 heteroatoms. The van der Waals surface area contributed by atoms with Crippen molar-refractivity contribution in [1.82, 2.24) is 25.4 Å². The van der Waals surface area contributed by atoms with Crippen molar-refractivity contribution in [3.8, 4) is 0 Å². The average Bonchev–Trinajstić information content (AvgIpc) is 3.30. The van der Waals surface area contributed by atoms with Gasteiger partial charge in [0.25, 0.3) is 0 Å². The molecule has 25 heavy (non-hydrogen) atoms. The van der Waals surface area contributed by atoms with E-state index in [1.165, 1.54) is 30.6 Å². The summed E-state index contributed by atoms with van der Waals surface area (Å²) >= 11 is 1.74. The highest BCUT2D eigenvalue weighted by Gasteiger charge is 2.03. The topological polar surface area (TPSA) is 67.1 Å². The lowest BCUT2D eigenvalue weighted by Crippen LogP contribution is -2.39.